The maximum Gasteiger partial charge on any atom is 0.280 e. The van der Waals surface area contributed by atoms with E-state index in [1.165, 1.54) is 10.9 Å². The summed E-state index contributed by atoms with van der Waals surface area (Å²) in [4.78, 5) is 43.5. The molecule has 9 N–H and O–H groups in total. The number of imidazole rings is 2. The van der Waals surface area contributed by atoms with E-state index in [0.717, 1.165) is 0 Å². The highest BCUT2D eigenvalue weighted by Crippen LogP contribution is 2.30. The Labute approximate surface area is 183 Å². The van der Waals surface area contributed by atoms with Crippen molar-refractivity contribution in [3.8, 4) is 0 Å². The smallest absolute Gasteiger partial charge is 0.280 e. The van der Waals surface area contributed by atoms with Crippen molar-refractivity contribution >= 4 is 34.2 Å². The lowest BCUT2D eigenvalue weighted by atomic mass is 10.1. The van der Waals surface area contributed by atoms with E-state index in [0.29, 0.717) is 17.7 Å². The Morgan fingerprint density at radius 2 is 1.76 bits per heavy atom. The molecule has 5 heterocycles. The zero-order valence-electron chi connectivity index (χ0n) is 17.3. The largest absolute Gasteiger partial charge is 0.394 e. The van der Waals surface area contributed by atoms with E-state index in [1.807, 2.05) is 6.92 Å². The fourth-order valence-electron chi connectivity index (χ4n) is 3.48. The third-order valence-electron chi connectivity index (χ3n) is 5.08. The molecule has 0 aliphatic carbocycles. The van der Waals surface area contributed by atoms with Crippen LogP contribution in [0.15, 0.2) is 22.2 Å². The van der Waals surface area contributed by atoms with Gasteiger partial charge in [-0.05, 0) is 6.92 Å². The van der Waals surface area contributed by atoms with E-state index >= 15 is 0 Å². The highest BCUT2D eigenvalue weighted by molar-refractivity contribution is 5.71. The fraction of sp³-hybridized carbons (Fsp3) is 0.412. The van der Waals surface area contributed by atoms with Crippen LogP contribution < -0.4 is 22.6 Å². The van der Waals surface area contributed by atoms with Crippen molar-refractivity contribution in [2.45, 2.75) is 38.0 Å². The molecule has 1 aliphatic heterocycles. The summed E-state index contributed by atoms with van der Waals surface area (Å²) in [5, 5.41) is 28.7. The lowest BCUT2D eigenvalue weighted by Crippen LogP contribution is -2.33. The first kappa shape index (κ1) is 22.3. The summed E-state index contributed by atoms with van der Waals surface area (Å²) in [5.41, 5.74) is 11.1. The van der Waals surface area contributed by atoms with Crippen molar-refractivity contribution in [1.82, 2.24) is 39.0 Å². The minimum atomic E-state index is -1.29. The molecule has 1 saturated heterocycles. The first-order valence-corrected chi connectivity index (χ1v) is 9.80. The quantitative estimate of drug-likeness (QED) is 0.161. The molecule has 0 spiro atoms. The topological polar surface area (TPSA) is 249 Å². The van der Waals surface area contributed by atoms with Crippen LogP contribution in [-0.2, 0) is 11.3 Å². The Balaban J connectivity index is 0.000000172. The highest BCUT2D eigenvalue weighted by atomic mass is 16.6. The van der Waals surface area contributed by atoms with E-state index < -0.39 is 36.7 Å². The molecular formula is C17H22N10O6. The summed E-state index contributed by atoms with van der Waals surface area (Å²) >= 11 is 0. The molecule has 1 fully saturated rings. The Bertz CT molecular complexity index is 1410. The van der Waals surface area contributed by atoms with Gasteiger partial charge >= 0.3 is 0 Å². The molecule has 33 heavy (non-hydrogen) atoms. The number of H-pyrrole nitrogens is 2. The molecule has 1 aliphatic rings. The third-order valence-corrected chi connectivity index (χ3v) is 5.08. The van der Waals surface area contributed by atoms with Crippen LogP contribution in [0.1, 0.15) is 13.2 Å². The predicted octanol–water partition coefficient (Wildman–Crippen LogP) is -2.96. The molecule has 4 unspecified atom stereocenters. The first-order chi connectivity index (χ1) is 15.7. The molecule has 0 radical (unpaired) electrons. The average molecular weight is 462 g/mol. The standard InChI is InChI=1S/C10H13N5O5.C7H9N5O/c11-10-13-7-4(8(19)14-10)12-2-15(7)9-6(18)5(17)3(1-16)20-9;1-2-12-3-9-5-4(12)6(13)11-7(8)10-5/h2-3,5-6,9,16-18H,1H2,(H3,11,13,14,19);3H,2H2,1H3,(H3,8,10,11,13). The number of nitrogens with two attached hydrogens (primary N) is 2. The van der Waals surface area contributed by atoms with Gasteiger partial charge in [0.2, 0.25) is 11.9 Å². The van der Waals surface area contributed by atoms with Gasteiger partial charge < -0.3 is 36.1 Å². The van der Waals surface area contributed by atoms with Crippen LogP contribution in [-0.4, -0.2) is 79.3 Å². The zero-order chi connectivity index (χ0) is 23.9. The molecule has 176 valence electrons. The van der Waals surface area contributed by atoms with Gasteiger partial charge in [-0.3, -0.25) is 24.1 Å². The fourth-order valence-corrected chi connectivity index (χ4v) is 3.48. The normalized spacial score (nSPS) is 22.5. The number of hydrogen-bond acceptors (Lipinski definition) is 12. The van der Waals surface area contributed by atoms with E-state index in [-0.39, 0.29) is 28.6 Å². The van der Waals surface area contributed by atoms with Crippen LogP contribution >= 0.6 is 0 Å². The van der Waals surface area contributed by atoms with Crippen LogP contribution in [0.5, 0.6) is 0 Å². The van der Waals surface area contributed by atoms with Crippen molar-refractivity contribution in [2.24, 2.45) is 0 Å². The van der Waals surface area contributed by atoms with Gasteiger partial charge in [0.05, 0.1) is 19.3 Å². The monoisotopic (exact) mass is 462 g/mol. The number of nitrogen functional groups attached to an aromatic ring is 2. The van der Waals surface area contributed by atoms with Crippen LogP contribution in [0, 0.1) is 0 Å². The maximum atomic E-state index is 11.7. The van der Waals surface area contributed by atoms with Crippen LogP contribution in [0.3, 0.4) is 0 Å². The van der Waals surface area contributed by atoms with Crippen LogP contribution in [0.4, 0.5) is 11.9 Å². The lowest BCUT2D eigenvalue weighted by Gasteiger charge is -2.16. The van der Waals surface area contributed by atoms with Gasteiger partial charge in [0, 0.05) is 6.54 Å². The van der Waals surface area contributed by atoms with Gasteiger partial charge in [-0.25, -0.2) is 9.97 Å². The van der Waals surface area contributed by atoms with Gasteiger partial charge in [-0.2, -0.15) is 9.97 Å². The van der Waals surface area contributed by atoms with Gasteiger partial charge in [-0.1, -0.05) is 0 Å². The number of rotatable bonds is 3. The number of nitrogens with one attached hydrogen (secondary N) is 2. The second kappa shape index (κ2) is 8.58. The van der Waals surface area contributed by atoms with Crippen molar-refractivity contribution in [2.75, 3.05) is 18.1 Å². The zero-order valence-corrected chi connectivity index (χ0v) is 17.3. The number of hydrogen-bond donors (Lipinski definition) is 7. The van der Waals surface area contributed by atoms with Crippen LogP contribution in [0.2, 0.25) is 0 Å². The highest BCUT2D eigenvalue weighted by Gasteiger charge is 2.44. The summed E-state index contributed by atoms with van der Waals surface area (Å²) in [6, 6.07) is 0. The summed E-state index contributed by atoms with van der Waals surface area (Å²) in [7, 11) is 0. The molecule has 0 amide bonds. The molecule has 5 rings (SSSR count). The second-order valence-electron chi connectivity index (χ2n) is 7.16. The Hall–Kier alpha value is -3.86. The van der Waals surface area contributed by atoms with E-state index in [2.05, 4.69) is 29.9 Å². The van der Waals surface area contributed by atoms with E-state index in [9.17, 15) is 19.8 Å². The number of aryl methyl sites for hydroxylation is 1. The molecule has 16 heteroatoms. The van der Waals surface area contributed by atoms with Gasteiger partial charge in [0.1, 0.15) is 18.3 Å². The number of anilines is 2. The summed E-state index contributed by atoms with van der Waals surface area (Å²) < 4.78 is 8.37. The molecule has 0 saturated carbocycles. The minimum absolute atomic E-state index is 0.0388. The van der Waals surface area contributed by atoms with Gasteiger partial charge in [0.25, 0.3) is 11.1 Å². The van der Waals surface area contributed by atoms with E-state index in [1.54, 1.807) is 10.9 Å². The molecule has 0 aromatic carbocycles. The summed E-state index contributed by atoms with van der Waals surface area (Å²) in [6.07, 6.45) is -1.64. The van der Waals surface area contributed by atoms with Crippen molar-refractivity contribution in [1.29, 1.82) is 0 Å². The molecular weight excluding hydrogens is 440 g/mol. The number of nitrogens with zero attached hydrogens (tertiary/aromatic N) is 6. The molecule has 4 atom stereocenters. The van der Waals surface area contributed by atoms with Crippen molar-refractivity contribution in [3.63, 3.8) is 0 Å². The third kappa shape index (κ3) is 3.91. The number of aromatic nitrogens is 8. The number of aromatic amines is 2. The number of aliphatic hydroxyl groups excluding tert-OH is 3. The van der Waals surface area contributed by atoms with Crippen molar-refractivity contribution < 1.29 is 20.1 Å². The number of aliphatic hydroxyl groups is 3. The molecule has 16 nitrogen and oxygen atoms in total. The summed E-state index contributed by atoms with van der Waals surface area (Å²) in [6.45, 7) is 2.17. The number of fused-ring (bicyclic) bond motifs is 2. The van der Waals surface area contributed by atoms with Gasteiger partial charge in [-0.15, -0.1) is 0 Å². The minimum Gasteiger partial charge on any atom is -0.394 e. The molecule has 4 aromatic rings. The lowest BCUT2D eigenvalue weighted by molar-refractivity contribution is -0.0511. The van der Waals surface area contributed by atoms with Crippen LogP contribution in [0.25, 0.3) is 22.3 Å². The Kier molecular flexibility index (Phi) is 5.81. The number of ether oxygens (including phenoxy) is 1. The molecule has 4 aromatic heterocycles. The molecule has 0 bridgehead atoms. The predicted molar refractivity (Wildman–Crippen MR) is 114 cm³/mol. The maximum absolute atomic E-state index is 11.7. The van der Waals surface area contributed by atoms with Gasteiger partial charge in [0.15, 0.2) is 28.6 Å². The first-order valence-electron chi connectivity index (χ1n) is 9.80. The Morgan fingerprint density at radius 1 is 1.06 bits per heavy atom. The van der Waals surface area contributed by atoms with Crippen molar-refractivity contribution in [3.05, 3.63) is 33.4 Å². The van der Waals surface area contributed by atoms with E-state index in [4.69, 9.17) is 21.3 Å². The Morgan fingerprint density at radius 3 is 2.42 bits per heavy atom. The second-order valence-corrected chi connectivity index (χ2v) is 7.16. The average Bonchev–Trinajstić information content (AvgIpc) is 3.45. The summed E-state index contributed by atoms with van der Waals surface area (Å²) in [5.74, 6) is -0.00477. The SMILES string of the molecule is CCn1cnc2nc(N)[nH]c(=O)c21.Nc1nc2c(ncn2C2OC(CO)C(O)C2O)c(=O)[nH]1.